The first-order chi connectivity index (χ1) is 7.63. The standard InChI is InChI=1S/C12H17IO3/c13-6-2-3-8-7-9-10(14)4-1-5-12(8,9)11(15)16/h8-9H,1-7H2,(H,15,16)/t8-,9?,12-/m1/s1. The molecule has 0 aromatic rings. The molecule has 4 heteroatoms. The highest BCUT2D eigenvalue weighted by atomic mass is 127. The molecular formula is C12H17IO3. The van der Waals surface area contributed by atoms with Crippen LogP contribution in [0.2, 0.25) is 0 Å². The van der Waals surface area contributed by atoms with Crippen LogP contribution in [0.3, 0.4) is 0 Å². The molecule has 0 aromatic heterocycles. The zero-order valence-corrected chi connectivity index (χ0v) is 11.4. The highest BCUT2D eigenvalue weighted by Gasteiger charge is 2.63. The van der Waals surface area contributed by atoms with Crippen LogP contribution in [-0.2, 0) is 9.59 Å². The van der Waals surface area contributed by atoms with Crippen LogP contribution in [-0.4, -0.2) is 21.3 Å². The van der Waals surface area contributed by atoms with E-state index in [4.69, 9.17) is 0 Å². The zero-order chi connectivity index (χ0) is 11.8. The van der Waals surface area contributed by atoms with Gasteiger partial charge in [-0.25, -0.2) is 0 Å². The lowest BCUT2D eigenvalue weighted by atomic mass is 9.46. The smallest absolute Gasteiger partial charge is 0.310 e. The normalized spacial score (nSPS) is 37.7. The minimum Gasteiger partial charge on any atom is -0.481 e. The third kappa shape index (κ3) is 1.69. The SMILES string of the molecule is O=C1CCC[C@]2(C(=O)O)C1C[C@H]2CCCI. The molecule has 0 heterocycles. The van der Waals surface area contributed by atoms with E-state index in [2.05, 4.69) is 22.6 Å². The minimum atomic E-state index is -0.727. The third-order valence-electron chi connectivity index (χ3n) is 4.36. The van der Waals surface area contributed by atoms with E-state index < -0.39 is 11.4 Å². The van der Waals surface area contributed by atoms with Crippen molar-refractivity contribution in [3.8, 4) is 0 Å². The fourth-order valence-electron chi connectivity index (χ4n) is 3.49. The van der Waals surface area contributed by atoms with Crippen LogP contribution in [0.15, 0.2) is 0 Å². The van der Waals surface area contributed by atoms with Gasteiger partial charge in [-0.3, -0.25) is 9.59 Å². The maximum absolute atomic E-state index is 11.7. The molecule has 0 spiro atoms. The van der Waals surface area contributed by atoms with Crippen molar-refractivity contribution in [1.82, 2.24) is 0 Å². The molecule has 2 saturated carbocycles. The molecule has 1 N–H and O–H groups in total. The Hall–Kier alpha value is -0.130. The van der Waals surface area contributed by atoms with Crippen molar-refractivity contribution in [2.75, 3.05) is 4.43 Å². The van der Waals surface area contributed by atoms with Gasteiger partial charge in [0.2, 0.25) is 0 Å². The van der Waals surface area contributed by atoms with Gasteiger partial charge in [-0.15, -0.1) is 0 Å². The van der Waals surface area contributed by atoms with E-state index in [1.165, 1.54) is 0 Å². The Bertz CT molecular complexity index is 315. The summed E-state index contributed by atoms with van der Waals surface area (Å²) in [6, 6.07) is 0. The molecule has 90 valence electrons. The molecule has 0 amide bonds. The molecule has 0 aliphatic heterocycles. The number of rotatable bonds is 4. The number of carboxylic acids is 1. The van der Waals surface area contributed by atoms with Gasteiger partial charge in [-0.1, -0.05) is 22.6 Å². The second-order valence-corrected chi connectivity index (χ2v) is 6.06. The molecule has 0 saturated heterocycles. The van der Waals surface area contributed by atoms with Crippen LogP contribution < -0.4 is 0 Å². The average molecular weight is 336 g/mol. The molecule has 16 heavy (non-hydrogen) atoms. The summed E-state index contributed by atoms with van der Waals surface area (Å²) in [6.07, 6.45) is 4.94. The largest absolute Gasteiger partial charge is 0.481 e. The van der Waals surface area contributed by atoms with Gasteiger partial charge in [0.05, 0.1) is 5.41 Å². The van der Waals surface area contributed by atoms with Gasteiger partial charge < -0.3 is 5.11 Å². The van der Waals surface area contributed by atoms with Gasteiger partial charge in [0.15, 0.2) is 0 Å². The van der Waals surface area contributed by atoms with Crippen molar-refractivity contribution in [3.05, 3.63) is 0 Å². The molecule has 3 nitrogen and oxygen atoms in total. The second-order valence-electron chi connectivity index (χ2n) is 4.98. The van der Waals surface area contributed by atoms with E-state index >= 15 is 0 Å². The highest BCUT2D eigenvalue weighted by molar-refractivity contribution is 14.1. The van der Waals surface area contributed by atoms with Crippen molar-refractivity contribution >= 4 is 34.3 Å². The lowest BCUT2D eigenvalue weighted by Gasteiger charge is -2.55. The fourth-order valence-corrected chi connectivity index (χ4v) is 3.93. The number of Topliss-reactive ketones (excluding diaryl/α,β-unsaturated/α-hetero) is 1. The summed E-state index contributed by atoms with van der Waals surface area (Å²) >= 11 is 2.32. The van der Waals surface area contributed by atoms with Crippen LogP contribution in [0.25, 0.3) is 0 Å². The van der Waals surface area contributed by atoms with Gasteiger partial charge >= 0.3 is 5.97 Å². The van der Waals surface area contributed by atoms with Crippen molar-refractivity contribution < 1.29 is 14.7 Å². The molecule has 2 rings (SSSR count). The monoisotopic (exact) mass is 336 g/mol. The number of carbonyl (C=O) groups is 2. The summed E-state index contributed by atoms with van der Waals surface area (Å²) in [7, 11) is 0. The van der Waals surface area contributed by atoms with Gasteiger partial charge in [-0.05, 0) is 42.4 Å². The molecule has 1 unspecified atom stereocenters. The lowest BCUT2D eigenvalue weighted by Crippen LogP contribution is -2.59. The van der Waals surface area contributed by atoms with Gasteiger partial charge in [0.1, 0.15) is 5.78 Å². The van der Waals surface area contributed by atoms with E-state index in [-0.39, 0.29) is 17.6 Å². The molecule has 0 radical (unpaired) electrons. The quantitative estimate of drug-likeness (QED) is 0.634. The lowest BCUT2D eigenvalue weighted by molar-refractivity contribution is -0.182. The molecule has 2 aliphatic carbocycles. The van der Waals surface area contributed by atoms with E-state index in [1.807, 2.05) is 0 Å². The topological polar surface area (TPSA) is 54.4 Å². The van der Waals surface area contributed by atoms with Crippen molar-refractivity contribution in [1.29, 1.82) is 0 Å². The van der Waals surface area contributed by atoms with Gasteiger partial charge in [0.25, 0.3) is 0 Å². The van der Waals surface area contributed by atoms with Crippen LogP contribution in [0, 0.1) is 17.3 Å². The Morgan fingerprint density at radius 2 is 2.31 bits per heavy atom. The molecule has 3 atom stereocenters. The third-order valence-corrected chi connectivity index (χ3v) is 5.12. The van der Waals surface area contributed by atoms with Crippen molar-refractivity contribution in [3.63, 3.8) is 0 Å². The van der Waals surface area contributed by atoms with E-state index in [0.29, 0.717) is 12.8 Å². The van der Waals surface area contributed by atoms with E-state index in [9.17, 15) is 14.7 Å². The van der Waals surface area contributed by atoms with Gasteiger partial charge in [-0.2, -0.15) is 0 Å². The number of ketones is 1. The van der Waals surface area contributed by atoms with Crippen molar-refractivity contribution in [2.24, 2.45) is 17.3 Å². The summed E-state index contributed by atoms with van der Waals surface area (Å²) in [6.45, 7) is 0. The van der Waals surface area contributed by atoms with Crippen LogP contribution in [0.5, 0.6) is 0 Å². The Balaban J connectivity index is 2.14. The summed E-state index contributed by atoms with van der Waals surface area (Å²) in [5, 5.41) is 9.45. The van der Waals surface area contributed by atoms with Crippen molar-refractivity contribution in [2.45, 2.75) is 38.5 Å². The van der Waals surface area contributed by atoms with Crippen LogP contribution >= 0.6 is 22.6 Å². The number of hydrogen-bond acceptors (Lipinski definition) is 2. The number of alkyl halides is 1. The fraction of sp³-hybridized carbons (Fsp3) is 0.833. The van der Waals surface area contributed by atoms with Crippen LogP contribution in [0.1, 0.15) is 38.5 Å². The average Bonchev–Trinajstić information content (AvgIpc) is 2.21. The van der Waals surface area contributed by atoms with E-state index in [0.717, 1.165) is 30.1 Å². The number of halogens is 1. The summed E-state index contributed by atoms with van der Waals surface area (Å²) in [4.78, 5) is 23.2. The molecular weight excluding hydrogens is 319 g/mol. The number of hydrogen-bond donors (Lipinski definition) is 1. The zero-order valence-electron chi connectivity index (χ0n) is 9.25. The van der Waals surface area contributed by atoms with Crippen LogP contribution in [0.4, 0.5) is 0 Å². The first-order valence-corrected chi connectivity index (χ1v) is 7.47. The first kappa shape index (κ1) is 12.3. The highest BCUT2D eigenvalue weighted by Crippen LogP contribution is 2.59. The Kier molecular flexibility index (Phi) is 3.56. The predicted molar refractivity (Wildman–Crippen MR) is 68.6 cm³/mol. The number of carboxylic acid groups (broad SMARTS) is 1. The Labute approximate surface area is 109 Å². The van der Waals surface area contributed by atoms with Gasteiger partial charge in [0, 0.05) is 12.3 Å². The number of carbonyl (C=O) groups excluding carboxylic acids is 1. The van der Waals surface area contributed by atoms with E-state index in [1.54, 1.807) is 0 Å². The Morgan fingerprint density at radius 1 is 1.56 bits per heavy atom. The first-order valence-electron chi connectivity index (χ1n) is 5.95. The summed E-state index contributed by atoms with van der Waals surface area (Å²) in [5.41, 5.74) is -0.679. The summed E-state index contributed by atoms with van der Waals surface area (Å²) in [5.74, 6) is -0.457. The summed E-state index contributed by atoms with van der Waals surface area (Å²) < 4.78 is 1.07. The maximum atomic E-state index is 11.7. The maximum Gasteiger partial charge on any atom is 0.310 e. The molecule has 2 fully saturated rings. The Morgan fingerprint density at radius 3 is 2.94 bits per heavy atom. The molecule has 0 bridgehead atoms. The molecule has 0 aromatic carbocycles. The predicted octanol–water partition coefficient (Wildman–Crippen LogP) is 2.66. The number of aliphatic carboxylic acids is 1. The molecule has 2 aliphatic rings. The second kappa shape index (κ2) is 4.63. The minimum absolute atomic E-state index is 0.169. The number of fused-ring (bicyclic) bond motifs is 1.